The molecule has 0 radical (unpaired) electrons. The maximum atomic E-state index is 13.2. The molecule has 9 heteroatoms. The van der Waals surface area contributed by atoms with Gasteiger partial charge in [-0.25, -0.2) is 4.79 Å². The summed E-state index contributed by atoms with van der Waals surface area (Å²) < 4.78 is 17.6. The zero-order valence-electron chi connectivity index (χ0n) is 31.0. The van der Waals surface area contributed by atoms with Crippen LogP contribution >= 0.6 is 34.5 Å². The quantitative estimate of drug-likeness (QED) is 0.193. The van der Waals surface area contributed by atoms with E-state index in [1.165, 1.54) is 25.1 Å². The average Bonchev–Trinajstić information content (AvgIpc) is 3.89. The Kier molecular flexibility index (Phi) is 16.0. The highest BCUT2D eigenvalue weighted by molar-refractivity contribution is 7.07. The predicted molar refractivity (Wildman–Crippen MR) is 209 cm³/mol. The zero-order valence-corrected chi connectivity index (χ0v) is 33.3. The standard InChI is InChI=1S/C24H37NO4.C13H17Cl2N.C4H4S/c1-5-11-23(12-6-2)18-24(13-15-25(3)16-14-24)29-21(23)22(26)28-17-19-7-9-20(27-4)10-8-19;1-9-5-6-16(7-9)8-11-3-4-12(14)10(2)13(11)15;1-2-4-5-3-1/h7-10,21H,5-6,11-18H2,1-4H3;3-4,9H,5-8H2,1-2H3;1-4H/t;9-;/m.1./s1. The largest absolute Gasteiger partial charge is 0.497 e. The molecule has 3 aromatic rings. The highest BCUT2D eigenvalue weighted by atomic mass is 35.5. The lowest BCUT2D eigenvalue weighted by molar-refractivity contribution is -0.170. The van der Waals surface area contributed by atoms with Gasteiger partial charge in [0.15, 0.2) is 6.10 Å². The van der Waals surface area contributed by atoms with Gasteiger partial charge in [-0.2, -0.15) is 11.3 Å². The lowest BCUT2D eigenvalue weighted by Crippen LogP contribution is -2.43. The molecular weight excluding hydrogens is 687 g/mol. The molecule has 1 unspecified atom stereocenters. The fourth-order valence-corrected chi connectivity index (χ4v) is 8.64. The second-order valence-corrected chi connectivity index (χ2v) is 16.1. The number of carbonyl (C=O) groups is 1. The fourth-order valence-electron chi connectivity index (χ4n) is 7.76. The number of benzene rings is 2. The van der Waals surface area contributed by atoms with E-state index in [2.05, 4.69) is 37.6 Å². The van der Waals surface area contributed by atoms with Gasteiger partial charge in [-0.3, -0.25) is 4.90 Å². The van der Waals surface area contributed by atoms with E-state index in [0.717, 1.165) is 97.4 Å². The summed E-state index contributed by atoms with van der Waals surface area (Å²) in [7, 11) is 3.81. The van der Waals surface area contributed by atoms with E-state index in [0.29, 0.717) is 0 Å². The van der Waals surface area contributed by atoms with Crippen molar-refractivity contribution < 1.29 is 19.0 Å². The predicted octanol–water partition coefficient (Wildman–Crippen LogP) is 10.5. The van der Waals surface area contributed by atoms with Gasteiger partial charge in [0.1, 0.15) is 12.4 Å². The first-order valence-electron chi connectivity index (χ1n) is 18.3. The number of halogens is 2. The van der Waals surface area contributed by atoms with Gasteiger partial charge in [-0.15, -0.1) is 0 Å². The topological polar surface area (TPSA) is 51.2 Å². The van der Waals surface area contributed by atoms with Gasteiger partial charge < -0.3 is 19.1 Å². The Labute approximate surface area is 315 Å². The van der Waals surface area contributed by atoms with Crippen molar-refractivity contribution in [3.63, 3.8) is 0 Å². The number of esters is 1. The maximum Gasteiger partial charge on any atom is 0.336 e. The van der Waals surface area contributed by atoms with E-state index in [4.69, 9.17) is 37.4 Å². The number of ether oxygens (including phenoxy) is 3. The molecule has 2 aromatic carbocycles. The number of hydrogen-bond donors (Lipinski definition) is 0. The third-order valence-electron chi connectivity index (χ3n) is 10.5. The first kappa shape index (κ1) is 40.6. The van der Waals surface area contributed by atoms with Crippen molar-refractivity contribution >= 4 is 40.5 Å². The van der Waals surface area contributed by atoms with E-state index < -0.39 is 6.10 Å². The molecule has 1 spiro atoms. The van der Waals surface area contributed by atoms with E-state index in [-0.39, 0.29) is 23.6 Å². The zero-order chi connectivity index (χ0) is 36.1. The van der Waals surface area contributed by atoms with Crippen LogP contribution in [0.25, 0.3) is 0 Å². The van der Waals surface area contributed by atoms with Gasteiger partial charge in [0.05, 0.1) is 12.7 Å². The molecule has 3 fully saturated rings. The van der Waals surface area contributed by atoms with E-state index in [1.807, 2.05) is 66.2 Å². The lowest BCUT2D eigenvalue weighted by atomic mass is 9.69. The molecule has 3 saturated heterocycles. The summed E-state index contributed by atoms with van der Waals surface area (Å²) in [5.41, 5.74) is 2.88. The van der Waals surface area contributed by atoms with Crippen molar-refractivity contribution in [3.05, 3.63) is 86.0 Å². The molecular formula is C41H58Cl2N2O4S. The molecule has 0 amide bonds. The molecule has 4 heterocycles. The van der Waals surface area contributed by atoms with Crippen LogP contribution in [0.5, 0.6) is 5.75 Å². The molecule has 0 saturated carbocycles. The summed E-state index contributed by atoms with van der Waals surface area (Å²) in [5.74, 6) is 1.42. The van der Waals surface area contributed by atoms with Crippen LogP contribution in [0.1, 0.15) is 88.8 Å². The Morgan fingerprint density at radius 1 is 1.00 bits per heavy atom. The fraction of sp³-hybridized carbons (Fsp3) is 0.585. The summed E-state index contributed by atoms with van der Waals surface area (Å²) in [6.45, 7) is 14.3. The van der Waals surface area contributed by atoms with Crippen molar-refractivity contribution in [2.24, 2.45) is 11.3 Å². The highest BCUT2D eigenvalue weighted by Crippen LogP contribution is 2.54. The lowest BCUT2D eigenvalue weighted by Gasteiger charge is -2.38. The van der Waals surface area contributed by atoms with Gasteiger partial charge in [-0.05, 0) is 111 Å². The van der Waals surface area contributed by atoms with Crippen molar-refractivity contribution in [2.45, 2.75) is 104 Å². The van der Waals surface area contributed by atoms with E-state index >= 15 is 0 Å². The minimum atomic E-state index is -0.455. The van der Waals surface area contributed by atoms with Crippen LogP contribution < -0.4 is 4.74 Å². The summed E-state index contributed by atoms with van der Waals surface area (Å²) in [4.78, 5) is 18.0. The van der Waals surface area contributed by atoms with Gasteiger partial charge in [-0.1, -0.05) is 87.1 Å². The molecule has 0 N–H and O–H groups in total. The van der Waals surface area contributed by atoms with Gasteiger partial charge in [0.25, 0.3) is 0 Å². The Morgan fingerprint density at radius 2 is 1.66 bits per heavy atom. The molecule has 6 nitrogen and oxygen atoms in total. The average molecular weight is 746 g/mol. The summed E-state index contributed by atoms with van der Waals surface area (Å²) >= 11 is 14.0. The van der Waals surface area contributed by atoms with E-state index in [1.54, 1.807) is 18.4 Å². The normalized spacial score (nSPS) is 21.2. The molecule has 3 aliphatic rings. The number of methoxy groups -OCH3 is 1. The second-order valence-electron chi connectivity index (χ2n) is 14.5. The number of rotatable bonds is 10. The minimum absolute atomic E-state index is 0.101. The number of hydrogen-bond acceptors (Lipinski definition) is 7. The number of piperidine rings is 1. The number of nitrogens with zero attached hydrogens (tertiary/aromatic N) is 2. The molecule has 0 bridgehead atoms. The van der Waals surface area contributed by atoms with Crippen LogP contribution in [0.3, 0.4) is 0 Å². The molecule has 3 aliphatic heterocycles. The third kappa shape index (κ3) is 11.2. The van der Waals surface area contributed by atoms with Crippen LogP contribution in [-0.4, -0.2) is 67.8 Å². The smallest absolute Gasteiger partial charge is 0.336 e. The number of likely N-dealkylation sites (tertiary alicyclic amines) is 2. The van der Waals surface area contributed by atoms with Crippen molar-refractivity contribution in [3.8, 4) is 5.75 Å². The summed E-state index contributed by atoms with van der Waals surface area (Å²) in [5, 5.41) is 5.66. The number of carbonyl (C=O) groups excluding carboxylic acids is 1. The Bertz CT molecular complexity index is 1420. The van der Waals surface area contributed by atoms with Crippen molar-refractivity contribution in [1.82, 2.24) is 9.80 Å². The minimum Gasteiger partial charge on any atom is -0.497 e. The van der Waals surface area contributed by atoms with Crippen molar-refractivity contribution in [2.75, 3.05) is 40.3 Å². The second kappa shape index (κ2) is 19.6. The van der Waals surface area contributed by atoms with E-state index in [9.17, 15) is 4.79 Å². The monoisotopic (exact) mass is 744 g/mol. The Hall–Kier alpha value is -2.13. The molecule has 2 atom stereocenters. The van der Waals surface area contributed by atoms with Crippen LogP contribution in [0.4, 0.5) is 0 Å². The molecule has 1 aromatic heterocycles. The Morgan fingerprint density at radius 3 is 2.20 bits per heavy atom. The molecule has 6 rings (SSSR count). The molecule has 50 heavy (non-hydrogen) atoms. The van der Waals surface area contributed by atoms with Crippen LogP contribution in [0.15, 0.2) is 59.3 Å². The molecule has 0 aliphatic carbocycles. The molecule has 276 valence electrons. The van der Waals surface area contributed by atoms with Crippen LogP contribution in [-0.2, 0) is 27.4 Å². The summed E-state index contributed by atoms with van der Waals surface area (Å²) in [6, 6.07) is 15.7. The van der Waals surface area contributed by atoms with Gasteiger partial charge in [0.2, 0.25) is 0 Å². The van der Waals surface area contributed by atoms with Gasteiger partial charge >= 0.3 is 5.97 Å². The van der Waals surface area contributed by atoms with Crippen molar-refractivity contribution in [1.29, 1.82) is 0 Å². The third-order valence-corrected chi connectivity index (χ3v) is 12.0. The summed E-state index contributed by atoms with van der Waals surface area (Å²) in [6.07, 6.45) is 7.97. The van der Waals surface area contributed by atoms with Gasteiger partial charge in [0, 0.05) is 41.6 Å². The highest BCUT2D eigenvalue weighted by Gasteiger charge is 2.58. The first-order chi connectivity index (χ1) is 24.0. The first-order valence-corrected chi connectivity index (χ1v) is 20.0. The number of thiophene rings is 1. The maximum absolute atomic E-state index is 13.2. The van der Waals surface area contributed by atoms with Crippen LogP contribution in [0, 0.1) is 18.3 Å². The Balaban J connectivity index is 0.000000221. The SMILES string of the molecule is CCCC1(CCC)CC2(CCN(C)CC2)OC1C(=O)OCc1ccc(OC)cc1.Cc1c(Cl)ccc(CN2CC[C@@H](C)C2)c1Cl.c1ccsc1. The van der Waals surface area contributed by atoms with Crippen LogP contribution in [0.2, 0.25) is 10.0 Å².